The second kappa shape index (κ2) is 19.0. The summed E-state index contributed by atoms with van der Waals surface area (Å²) in [7, 11) is 0. The van der Waals surface area contributed by atoms with Gasteiger partial charge < -0.3 is 4.98 Å². The van der Waals surface area contributed by atoms with Crippen molar-refractivity contribution in [1.29, 1.82) is 0 Å². The summed E-state index contributed by atoms with van der Waals surface area (Å²) >= 11 is 0. The van der Waals surface area contributed by atoms with Crippen LogP contribution in [0.1, 0.15) is 63.8 Å². The van der Waals surface area contributed by atoms with Crippen LogP contribution in [0.5, 0.6) is 0 Å². The van der Waals surface area contributed by atoms with E-state index >= 15 is 0 Å². The molecule has 0 N–H and O–H groups in total. The van der Waals surface area contributed by atoms with Crippen molar-refractivity contribution in [2.24, 2.45) is 5.41 Å². The van der Waals surface area contributed by atoms with Gasteiger partial charge in [0.1, 0.15) is 0 Å². The molecule has 0 aliphatic heterocycles. The van der Waals surface area contributed by atoms with Gasteiger partial charge in [0, 0.05) is 43.0 Å². The first kappa shape index (κ1) is 48.2. The smallest absolute Gasteiger partial charge is 0.165 e. The first-order chi connectivity index (χ1) is 34.2. The molecule has 1 aliphatic carbocycles. The molecule has 0 saturated carbocycles. The SMILES string of the molecule is Cc1cc(C)cc(-c2ccccc2-c2c[c-]c(-c3ccc(-c4nc(-c5cccc(-c6ccccc6)c5)nc(-c5cccc(-c6ccccc6)c5)n4)cn3)cc2-c2ccc3c(c2)C(C)(C)C(C)(C)C3(C)C)c1.[Ir]. The minimum atomic E-state index is -0.0513. The Bertz CT molecular complexity index is 3510. The molecule has 4 nitrogen and oxygen atoms in total. The van der Waals surface area contributed by atoms with Crippen molar-refractivity contribution in [3.8, 4) is 101 Å². The predicted octanol–water partition coefficient (Wildman–Crippen LogP) is 17.3. The number of aromatic nitrogens is 4. The van der Waals surface area contributed by atoms with Crippen LogP contribution in [0, 0.1) is 25.3 Å². The first-order valence-corrected chi connectivity index (χ1v) is 24.7. The number of hydrogen-bond acceptors (Lipinski definition) is 4. The summed E-state index contributed by atoms with van der Waals surface area (Å²) in [5, 5.41) is 0. The Morgan fingerprint density at radius 3 is 1.43 bits per heavy atom. The van der Waals surface area contributed by atoms with Crippen molar-refractivity contribution < 1.29 is 20.1 Å². The van der Waals surface area contributed by atoms with Crippen LogP contribution in [0.4, 0.5) is 0 Å². The molecule has 2 aromatic heterocycles. The number of aryl methyl sites for hydroxylation is 2. The van der Waals surface area contributed by atoms with E-state index in [9.17, 15) is 0 Å². The van der Waals surface area contributed by atoms with Crippen LogP contribution < -0.4 is 0 Å². The van der Waals surface area contributed by atoms with Gasteiger partial charge >= 0.3 is 0 Å². The van der Waals surface area contributed by atoms with Gasteiger partial charge in [-0.25, -0.2) is 15.0 Å². The van der Waals surface area contributed by atoms with Gasteiger partial charge in [-0.2, -0.15) is 0 Å². The summed E-state index contributed by atoms with van der Waals surface area (Å²) in [6, 6.07) is 72.7. The van der Waals surface area contributed by atoms with Gasteiger partial charge in [-0.1, -0.05) is 239 Å². The molecule has 0 atom stereocenters. The van der Waals surface area contributed by atoms with Crippen molar-refractivity contribution in [2.45, 2.75) is 66.2 Å². The molecule has 0 spiro atoms. The molecule has 0 bridgehead atoms. The Kier molecular flexibility index (Phi) is 12.7. The van der Waals surface area contributed by atoms with Crippen LogP contribution in [0.2, 0.25) is 0 Å². The summed E-state index contributed by atoms with van der Waals surface area (Å²) in [6.07, 6.45) is 1.89. The fraction of sp³-hybridized carbons (Fsp3) is 0.164. The van der Waals surface area contributed by atoms with E-state index in [-0.39, 0.29) is 36.4 Å². The van der Waals surface area contributed by atoms with Crippen LogP contribution in [0.3, 0.4) is 0 Å². The molecular formula is C67H57IrN4-. The van der Waals surface area contributed by atoms with E-state index in [0.29, 0.717) is 17.5 Å². The van der Waals surface area contributed by atoms with Gasteiger partial charge in [0.05, 0.1) is 0 Å². The van der Waals surface area contributed by atoms with Crippen LogP contribution in [-0.4, -0.2) is 19.9 Å². The summed E-state index contributed by atoms with van der Waals surface area (Å²) < 4.78 is 0. The van der Waals surface area contributed by atoms with E-state index in [0.717, 1.165) is 61.3 Å². The molecule has 0 saturated heterocycles. The second-order valence-corrected chi connectivity index (χ2v) is 20.9. The molecule has 1 radical (unpaired) electrons. The average Bonchev–Trinajstić information content (AvgIpc) is 3.51. The zero-order chi connectivity index (χ0) is 49.1. The van der Waals surface area contributed by atoms with E-state index in [4.69, 9.17) is 19.9 Å². The molecule has 8 aromatic carbocycles. The van der Waals surface area contributed by atoms with Gasteiger partial charge in [-0.15, -0.1) is 23.8 Å². The summed E-state index contributed by atoms with van der Waals surface area (Å²) in [5.41, 5.74) is 21.1. The summed E-state index contributed by atoms with van der Waals surface area (Å²) in [6.45, 7) is 18.8. The van der Waals surface area contributed by atoms with E-state index in [2.05, 4.69) is 243 Å². The van der Waals surface area contributed by atoms with Crippen LogP contribution in [0.25, 0.3) is 101 Å². The monoisotopic (exact) mass is 1110 g/mol. The average molecular weight is 1110 g/mol. The minimum absolute atomic E-state index is 0. The molecule has 10 aromatic rings. The minimum Gasteiger partial charge on any atom is -0.304 e. The van der Waals surface area contributed by atoms with Crippen molar-refractivity contribution >= 4 is 0 Å². The Labute approximate surface area is 438 Å². The standard InChI is InChI=1S/C67H57N4.Ir/c1-43-35-44(2)37-54(36-43)55-27-15-16-28-56(55)57-32-29-50(40-58(57)49-30-33-59-60(41-49)66(5,6)67(7,8)65(59,3)4)61-34-31-53(42-68-61)64-70-62(51-25-17-23-47(38-51)45-19-11-9-12-20-45)69-63(71-64)52-26-18-24-48(39-52)46-21-13-10-14-22-46;/h9-28,30-42H,1-8H3;/q-1;. The third-order valence-electron chi connectivity index (χ3n) is 15.9. The number of rotatable bonds is 9. The van der Waals surface area contributed by atoms with Gasteiger partial charge in [-0.05, 0) is 98.0 Å². The van der Waals surface area contributed by atoms with Crippen LogP contribution in [0.15, 0.2) is 200 Å². The molecule has 11 rings (SSSR count). The molecule has 72 heavy (non-hydrogen) atoms. The van der Waals surface area contributed by atoms with Crippen molar-refractivity contribution in [3.05, 3.63) is 229 Å². The van der Waals surface area contributed by atoms with Crippen molar-refractivity contribution in [3.63, 3.8) is 0 Å². The van der Waals surface area contributed by atoms with Crippen molar-refractivity contribution in [2.75, 3.05) is 0 Å². The Balaban J connectivity index is 0.00000596. The molecular weight excluding hydrogens is 1050 g/mol. The van der Waals surface area contributed by atoms with Gasteiger partial charge in [0.25, 0.3) is 0 Å². The van der Waals surface area contributed by atoms with E-state index < -0.39 is 0 Å². The number of pyridine rings is 1. The van der Waals surface area contributed by atoms with Crippen LogP contribution in [-0.2, 0) is 30.9 Å². The Morgan fingerprint density at radius 1 is 0.361 bits per heavy atom. The predicted molar refractivity (Wildman–Crippen MR) is 295 cm³/mol. The topological polar surface area (TPSA) is 51.6 Å². The summed E-state index contributed by atoms with van der Waals surface area (Å²) in [5.74, 6) is 1.74. The van der Waals surface area contributed by atoms with Gasteiger partial charge in [-0.3, -0.25) is 0 Å². The maximum absolute atomic E-state index is 5.15. The quantitative estimate of drug-likeness (QED) is 0.135. The van der Waals surface area contributed by atoms with Crippen molar-refractivity contribution in [1.82, 2.24) is 19.9 Å². The molecule has 0 amide bonds. The molecule has 2 heterocycles. The fourth-order valence-corrected chi connectivity index (χ4v) is 10.8. The zero-order valence-electron chi connectivity index (χ0n) is 42.2. The Hall–Kier alpha value is -7.43. The third kappa shape index (κ3) is 8.65. The van der Waals surface area contributed by atoms with Gasteiger partial charge in [0.15, 0.2) is 17.5 Å². The van der Waals surface area contributed by atoms with E-state index in [1.54, 1.807) is 0 Å². The van der Waals surface area contributed by atoms with E-state index in [1.165, 1.54) is 44.5 Å². The maximum atomic E-state index is 5.15. The molecule has 5 heteroatoms. The fourth-order valence-electron chi connectivity index (χ4n) is 10.8. The Morgan fingerprint density at radius 2 is 0.861 bits per heavy atom. The van der Waals surface area contributed by atoms with Crippen LogP contribution >= 0.6 is 0 Å². The molecule has 0 unspecified atom stereocenters. The third-order valence-corrected chi connectivity index (χ3v) is 15.9. The molecule has 1 aliphatic rings. The van der Waals surface area contributed by atoms with Gasteiger partial charge in [0.2, 0.25) is 0 Å². The number of benzene rings is 8. The summed E-state index contributed by atoms with van der Waals surface area (Å²) in [4.78, 5) is 20.6. The maximum Gasteiger partial charge on any atom is 0.165 e. The number of nitrogens with zero attached hydrogens (tertiary/aromatic N) is 4. The first-order valence-electron chi connectivity index (χ1n) is 24.7. The zero-order valence-corrected chi connectivity index (χ0v) is 44.6. The molecule has 355 valence electrons. The normalized spacial score (nSPS) is 14.1. The second-order valence-electron chi connectivity index (χ2n) is 20.9. The van der Waals surface area contributed by atoms with E-state index in [1.807, 2.05) is 18.3 Å². The number of hydrogen-bond donors (Lipinski definition) is 0. The number of fused-ring (bicyclic) bond motifs is 1. The largest absolute Gasteiger partial charge is 0.304 e. The molecule has 0 fully saturated rings.